The zero-order chi connectivity index (χ0) is 16.8. The smallest absolute Gasteiger partial charge is 0.220 e. The number of carbonyl (C=O) groups is 1. The van der Waals surface area contributed by atoms with E-state index in [1.54, 1.807) is 23.7 Å². The minimum absolute atomic E-state index is 0.00847. The van der Waals surface area contributed by atoms with Crippen LogP contribution in [0.3, 0.4) is 0 Å². The first-order chi connectivity index (χ1) is 11.7. The molecular weight excluding hydrogens is 342 g/mol. The van der Waals surface area contributed by atoms with E-state index in [-0.39, 0.29) is 5.91 Å². The highest BCUT2D eigenvalue weighted by atomic mass is 35.5. The second-order valence-corrected chi connectivity index (χ2v) is 6.52. The zero-order valence-electron chi connectivity index (χ0n) is 12.9. The van der Waals surface area contributed by atoms with Crippen LogP contribution in [0, 0.1) is 0 Å². The molecule has 2 heterocycles. The maximum absolute atomic E-state index is 12.0. The molecule has 1 aromatic carbocycles. The van der Waals surface area contributed by atoms with E-state index in [9.17, 15) is 4.79 Å². The van der Waals surface area contributed by atoms with E-state index in [1.165, 1.54) is 0 Å². The van der Waals surface area contributed by atoms with Crippen molar-refractivity contribution in [1.82, 2.24) is 15.3 Å². The summed E-state index contributed by atoms with van der Waals surface area (Å²) >= 11 is 7.64. The van der Waals surface area contributed by atoms with Gasteiger partial charge in [-0.05, 0) is 30.2 Å². The van der Waals surface area contributed by atoms with Gasteiger partial charge in [0.25, 0.3) is 0 Å². The van der Waals surface area contributed by atoms with Crippen molar-refractivity contribution in [2.45, 2.75) is 19.4 Å². The van der Waals surface area contributed by atoms with E-state index in [1.807, 2.05) is 41.8 Å². The SMILES string of the molecule is O=C(CCc1csc(-c2cccnc2)n1)NCc1ccccc1Cl. The van der Waals surface area contributed by atoms with E-state index < -0.39 is 0 Å². The molecule has 122 valence electrons. The standard InChI is InChI=1S/C18H16ClN3OS/c19-16-6-2-1-4-13(16)11-21-17(23)8-7-15-12-24-18(22-15)14-5-3-9-20-10-14/h1-6,9-10,12H,7-8,11H2,(H,21,23). The highest BCUT2D eigenvalue weighted by molar-refractivity contribution is 7.13. The summed E-state index contributed by atoms with van der Waals surface area (Å²) in [6, 6.07) is 11.4. The highest BCUT2D eigenvalue weighted by Crippen LogP contribution is 2.23. The van der Waals surface area contributed by atoms with Crippen molar-refractivity contribution in [2.75, 3.05) is 0 Å². The summed E-state index contributed by atoms with van der Waals surface area (Å²) in [6.07, 6.45) is 4.55. The second-order valence-electron chi connectivity index (χ2n) is 5.25. The van der Waals surface area contributed by atoms with Gasteiger partial charge in [0, 0.05) is 41.3 Å². The Balaban J connectivity index is 1.50. The first kappa shape index (κ1) is 16.6. The Morgan fingerprint density at radius 2 is 2.08 bits per heavy atom. The zero-order valence-corrected chi connectivity index (χ0v) is 14.5. The fourth-order valence-corrected chi connectivity index (χ4v) is 3.26. The Morgan fingerprint density at radius 1 is 1.21 bits per heavy atom. The van der Waals surface area contributed by atoms with E-state index in [0.29, 0.717) is 24.4 Å². The molecule has 0 aliphatic carbocycles. The number of hydrogen-bond donors (Lipinski definition) is 1. The predicted octanol–water partition coefficient (Wildman–Crippen LogP) is 4.11. The molecular formula is C18H16ClN3OS. The first-order valence-electron chi connectivity index (χ1n) is 7.57. The Kier molecular flexibility index (Phi) is 5.56. The van der Waals surface area contributed by atoms with Gasteiger partial charge in [0.2, 0.25) is 5.91 Å². The van der Waals surface area contributed by atoms with Crippen LogP contribution in [0.4, 0.5) is 0 Å². The molecule has 2 aromatic heterocycles. The molecule has 0 bridgehead atoms. The predicted molar refractivity (Wildman–Crippen MR) is 97.0 cm³/mol. The van der Waals surface area contributed by atoms with Crippen molar-refractivity contribution in [2.24, 2.45) is 0 Å². The third-order valence-electron chi connectivity index (χ3n) is 3.50. The average molecular weight is 358 g/mol. The highest BCUT2D eigenvalue weighted by Gasteiger charge is 2.08. The van der Waals surface area contributed by atoms with Crippen LogP contribution in [0.2, 0.25) is 5.02 Å². The van der Waals surface area contributed by atoms with Gasteiger partial charge >= 0.3 is 0 Å². The number of pyridine rings is 1. The maximum atomic E-state index is 12.0. The summed E-state index contributed by atoms with van der Waals surface area (Å²) in [5.41, 5.74) is 2.84. The molecule has 1 N–H and O–H groups in total. The van der Waals surface area contributed by atoms with E-state index in [2.05, 4.69) is 15.3 Å². The van der Waals surface area contributed by atoms with Crippen LogP contribution in [0.25, 0.3) is 10.6 Å². The largest absolute Gasteiger partial charge is 0.352 e. The molecule has 0 spiro atoms. The Labute approximate surface area is 149 Å². The quantitative estimate of drug-likeness (QED) is 0.722. The minimum atomic E-state index is -0.00847. The van der Waals surface area contributed by atoms with Crippen molar-refractivity contribution >= 4 is 28.8 Å². The van der Waals surface area contributed by atoms with Gasteiger partial charge in [0.15, 0.2) is 0 Å². The van der Waals surface area contributed by atoms with Crippen LogP contribution in [0.15, 0.2) is 54.2 Å². The second kappa shape index (κ2) is 8.04. The molecule has 0 unspecified atom stereocenters. The van der Waals surface area contributed by atoms with Crippen LogP contribution in [0.1, 0.15) is 17.7 Å². The van der Waals surface area contributed by atoms with Crippen LogP contribution < -0.4 is 5.32 Å². The minimum Gasteiger partial charge on any atom is -0.352 e. The molecule has 0 aliphatic rings. The molecule has 0 atom stereocenters. The number of aryl methyl sites for hydroxylation is 1. The third-order valence-corrected chi connectivity index (χ3v) is 4.81. The lowest BCUT2D eigenvalue weighted by Crippen LogP contribution is -2.23. The number of nitrogens with zero attached hydrogens (tertiary/aromatic N) is 2. The van der Waals surface area contributed by atoms with Crippen molar-refractivity contribution in [1.29, 1.82) is 0 Å². The summed E-state index contributed by atoms with van der Waals surface area (Å²) in [4.78, 5) is 20.6. The van der Waals surface area contributed by atoms with E-state index in [4.69, 9.17) is 11.6 Å². The molecule has 6 heteroatoms. The Bertz CT molecular complexity index is 820. The molecule has 3 rings (SSSR count). The topological polar surface area (TPSA) is 54.9 Å². The van der Waals surface area contributed by atoms with Gasteiger partial charge in [-0.3, -0.25) is 9.78 Å². The number of amides is 1. The lowest BCUT2D eigenvalue weighted by molar-refractivity contribution is -0.121. The third kappa shape index (κ3) is 4.40. The molecule has 0 saturated heterocycles. The van der Waals surface area contributed by atoms with Crippen LogP contribution >= 0.6 is 22.9 Å². The molecule has 0 radical (unpaired) electrons. The monoisotopic (exact) mass is 357 g/mol. The number of benzene rings is 1. The van der Waals surface area contributed by atoms with Gasteiger partial charge in [-0.2, -0.15) is 0 Å². The summed E-state index contributed by atoms with van der Waals surface area (Å²) in [7, 11) is 0. The summed E-state index contributed by atoms with van der Waals surface area (Å²) in [6.45, 7) is 0.441. The van der Waals surface area contributed by atoms with Gasteiger partial charge in [0.05, 0.1) is 5.69 Å². The van der Waals surface area contributed by atoms with Crippen molar-refractivity contribution in [3.05, 3.63) is 70.5 Å². The number of carbonyl (C=O) groups excluding carboxylic acids is 1. The molecule has 0 aliphatic heterocycles. The average Bonchev–Trinajstić information content (AvgIpc) is 3.09. The number of aromatic nitrogens is 2. The van der Waals surface area contributed by atoms with Gasteiger partial charge in [0.1, 0.15) is 5.01 Å². The summed E-state index contributed by atoms with van der Waals surface area (Å²) in [5, 5.41) is 6.47. The van der Waals surface area contributed by atoms with Crippen LogP contribution in [-0.2, 0) is 17.8 Å². The maximum Gasteiger partial charge on any atom is 0.220 e. The molecule has 1 amide bonds. The lowest BCUT2D eigenvalue weighted by Gasteiger charge is -2.06. The molecule has 0 saturated carbocycles. The number of hydrogen-bond acceptors (Lipinski definition) is 4. The molecule has 24 heavy (non-hydrogen) atoms. The van der Waals surface area contributed by atoms with Crippen molar-refractivity contribution < 1.29 is 4.79 Å². The van der Waals surface area contributed by atoms with Crippen molar-refractivity contribution in [3.63, 3.8) is 0 Å². The Morgan fingerprint density at radius 3 is 2.88 bits per heavy atom. The van der Waals surface area contributed by atoms with E-state index in [0.717, 1.165) is 21.8 Å². The Hall–Kier alpha value is -2.24. The molecule has 4 nitrogen and oxygen atoms in total. The number of thiazole rings is 1. The molecule has 0 fully saturated rings. The summed E-state index contributed by atoms with van der Waals surface area (Å²) in [5.74, 6) is -0.00847. The first-order valence-corrected chi connectivity index (χ1v) is 8.83. The van der Waals surface area contributed by atoms with Crippen molar-refractivity contribution in [3.8, 4) is 10.6 Å². The van der Waals surface area contributed by atoms with Gasteiger partial charge < -0.3 is 5.32 Å². The van der Waals surface area contributed by atoms with Crippen LogP contribution in [0.5, 0.6) is 0 Å². The van der Waals surface area contributed by atoms with Crippen LogP contribution in [-0.4, -0.2) is 15.9 Å². The fourth-order valence-electron chi connectivity index (χ4n) is 2.21. The number of halogens is 1. The summed E-state index contributed by atoms with van der Waals surface area (Å²) < 4.78 is 0. The van der Waals surface area contributed by atoms with Gasteiger partial charge in [-0.25, -0.2) is 4.98 Å². The number of rotatable bonds is 6. The van der Waals surface area contributed by atoms with E-state index >= 15 is 0 Å². The van der Waals surface area contributed by atoms with Gasteiger partial charge in [-0.15, -0.1) is 11.3 Å². The normalized spacial score (nSPS) is 10.5. The lowest BCUT2D eigenvalue weighted by atomic mass is 10.2. The van der Waals surface area contributed by atoms with Gasteiger partial charge in [-0.1, -0.05) is 29.8 Å². The fraction of sp³-hybridized carbons (Fsp3) is 0.167. The number of nitrogens with one attached hydrogen (secondary N) is 1. The molecule has 3 aromatic rings.